The van der Waals surface area contributed by atoms with Gasteiger partial charge in [0.15, 0.2) is 0 Å². The van der Waals surface area contributed by atoms with E-state index in [1.54, 1.807) is 17.4 Å². The van der Waals surface area contributed by atoms with Gasteiger partial charge in [0.05, 0.1) is 0 Å². The summed E-state index contributed by atoms with van der Waals surface area (Å²) in [7, 11) is 0. The molecule has 0 atom stereocenters. The first kappa shape index (κ1) is 19.3. The quantitative estimate of drug-likeness (QED) is 0.351. The molecule has 0 bridgehead atoms. The molecule has 0 nitrogen and oxygen atoms in total. The van der Waals surface area contributed by atoms with E-state index in [-0.39, 0.29) is 0 Å². The molecule has 2 radical (unpaired) electrons. The van der Waals surface area contributed by atoms with Gasteiger partial charge in [-0.25, -0.2) is 0 Å². The standard InChI is InChI=1S/C26H26As2/c1-5-13-23(14-6-1)27(24-15-7-2-8-16-24)21-22-28(25-17-9-3-10-18-25)26-19-11-4-12-20-26/h1-20,27-28H,21-22H2. The van der Waals surface area contributed by atoms with Crippen LogP contribution in [0.5, 0.6) is 0 Å². The molecule has 0 N–H and O–H groups in total. The zero-order valence-electron chi connectivity index (χ0n) is 16.0. The van der Waals surface area contributed by atoms with Crippen molar-refractivity contribution in [1.82, 2.24) is 0 Å². The molecule has 0 aromatic heterocycles. The molecular weight excluding hydrogens is 462 g/mol. The van der Waals surface area contributed by atoms with Gasteiger partial charge in [-0.1, -0.05) is 0 Å². The summed E-state index contributed by atoms with van der Waals surface area (Å²) in [6, 6.07) is 45.0. The summed E-state index contributed by atoms with van der Waals surface area (Å²) >= 11 is -3.09. The van der Waals surface area contributed by atoms with E-state index in [0.717, 1.165) is 0 Å². The summed E-state index contributed by atoms with van der Waals surface area (Å²) in [5, 5.41) is 2.71. The van der Waals surface area contributed by atoms with Crippen molar-refractivity contribution in [2.45, 2.75) is 10.4 Å². The van der Waals surface area contributed by atoms with Gasteiger partial charge in [0.2, 0.25) is 0 Å². The molecule has 140 valence electrons. The van der Waals surface area contributed by atoms with Crippen molar-refractivity contribution >= 4 is 46.7 Å². The second kappa shape index (κ2) is 9.97. The Balaban J connectivity index is 1.64. The van der Waals surface area contributed by atoms with E-state index in [1.807, 2.05) is 0 Å². The van der Waals surface area contributed by atoms with Crippen LogP contribution in [0.15, 0.2) is 121 Å². The summed E-state index contributed by atoms with van der Waals surface area (Å²) in [6.45, 7) is 0. The summed E-state index contributed by atoms with van der Waals surface area (Å²) in [5.74, 6) is 0. The molecule has 0 spiro atoms. The summed E-state index contributed by atoms with van der Waals surface area (Å²) in [5.41, 5.74) is 0. The number of hydrogen-bond donors (Lipinski definition) is 0. The van der Waals surface area contributed by atoms with Gasteiger partial charge in [0, 0.05) is 0 Å². The molecule has 2 heteroatoms. The van der Waals surface area contributed by atoms with Crippen molar-refractivity contribution in [3.05, 3.63) is 121 Å². The molecule has 4 aromatic rings. The fourth-order valence-electron chi connectivity index (χ4n) is 3.72. The van der Waals surface area contributed by atoms with Crippen LogP contribution in [0.25, 0.3) is 0 Å². The van der Waals surface area contributed by atoms with Crippen LogP contribution in [0.2, 0.25) is 10.4 Å². The minimum atomic E-state index is -1.55. The predicted octanol–water partition coefficient (Wildman–Crippen LogP) is 3.07. The summed E-state index contributed by atoms with van der Waals surface area (Å²) in [4.78, 5) is 0. The Bertz CT molecular complexity index is 792. The van der Waals surface area contributed by atoms with E-state index in [2.05, 4.69) is 121 Å². The van der Waals surface area contributed by atoms with Crippen molar-refractivity contribution in [2.75, 3.05) is 0 Å². The first-order valence-electron chi connectivity index (χ1n) is 9.85. The average molecular weight is 488 g/mol. The third-order valence-electron chi connectivity index (χ3n) is 5.11. The number of hydrogen-bond acceptors (Lipinski definition) is 0. The van der Waals surface area contributed by atoms with Crippen LogP contribution >= 0.6 is 0 Å². The van der Waals surface area contributed by atoms with Crippen molar-refractivity contribution < 1.29 is 0 Å². The van der Waals surface area contributed by atoms with Crippen LogP contribution in [0.4, 0.5) is 0 Å². The molecule has 28 heavy (non-hydrogen) atoms. The number of rotatable bonds is 7. The molecule has 0 saturated heterocycles. The molecule has 4 aromatic carbocycles. The zero-order valence-corrected chi connectivity index (χ0v) is 20.2. The minimum absolute atomic E-state index is 1.35. The van der Waals surface area contributed by atoms with Gasteiger partial charge < -0.3 is 0 Å². The SMILES string of the molecule is c1ccc([AsH](CC[AsH](c2ccccc2)c2ccccc2)c2ccccc2)cc1. The molecular formula is C26H26As2. The molecule has 0 aliphatic carbocycles. The van der Waals surface area contributed by atoms with E-state index in [4.69, 9.17) is 0 Å². The maximum absolute atomic E-state index is 2.35. The fraction of sp³-hybridized carbons (Fsp3) is 0.0769. The molecule has 0 saturated carbocycles. The third kappa shape index (κ3) is 4.88. The zero-order chi connectivity index (χ0) is 19.0. The average Bonchev–Trinajstić information content (AvgIpc) is 2.79. The van der Waals surface area contributed by atoms with Gasteiger partial charge in [-0.3, -0.25) is 0 Å². The Morgan fingerprint density at radius 2 is 0.536 bits per heavy atom. The van der Waals surface area contributed by atoms with Gasteiger partial charge in [0.25, 0.3) is 0 Å². The Kier molecular flexibility index (Phi) is 6.88. The van der Waals surface area contributed by atoms with Gasteiger partial charge in [-0.2, -0.15) is 0 Å². The third-order valence-corrected chi connectivity index (χ3v) is 19.1. The van der Waals surface area contributed by atoms with Crippen LogP contribution < -0.4 is 17.4 Å². The van der Waals surface area contributed by atoms with E-state index in [0.29, 0.717) is 0 Å². The van der Waals surface area contributed by atoms with E-state index < -0.39 is 29.3 Å². The second-order valence-corrected chi connectivity index (χ2v) is 17.9. The van der Waals surface area contributed by atoms with E-state index in [1.165, 1.54) is 10.4 Å². The van der Waals surface area contributed by atoms with Gasteiger partial charge in [-0.05, 0) is 0 Å². The fourth-order valence-corrected chi connectivity index (χ4v) is 19.0. The van der Waals surface area contributed by atoms with Crippen LogP contribution in [-0.2, 0) is 0 Å². The monoisotopic (exact) mass is 488 g/mol. The van der Waals surface area contributed by atoms with Gasteiger partial charge in [-0.15, -0.1) is 0 Å². The first-order valence-corrected chi connectivity index (χ1v) is 17.0. The van der Waals surface area contributed by atoms with E-state index >= 15 is 0 Å². The van der Waals surface area contributed by atoms with Crippen LogP contribution in [0.3, 0.4) is 0 Å². The molecule has 0 aliphatic rings. The van der Waals surface area contributed by atoms with Crippen molar-refractivity contribution in [3.8, 4) is 0 Å². The van der Waals surface area contributed by atoms with Crippen molar-refractivity contribution in [2.24, 2.45) is 0 Å². The van der Waals surface area contributed by atoms with Crippen LogP contribution in [0, 0.1) is 0 Å². The number of benzene rings is 4. The Hall–Kier alpha value is -2.00. The molecule has 0 aliphatic heterocycles. The topological polar surface area (TPSA) is 0 Å². The Morgan fingerprint density at radius 3 is 0.750 bits per heavy atom. The van der Waals surface area contributed by atoms with Crippen molar-refractivity contribution in [1.29, 1.82) is 0 Å². The Labute approximate surface area is 177 Å². The summed E-state index contributed by atoms with van der Waals surface area (Å²) < 4.78 is 6.36. The normalized spacial score (nSPS) is 11.1. The van der Waals surface area contributed by atoms with E-state index in [9.17, 15) is 0 Å². The van der Waals surface area contributed by atoms with Crippen LogP contribution in [0.1, 0.15) is 0 Å². The predicted molar refractivity (Wildman–Crippen MR) is 128 cm³/mol. The molecule has 4 rings (SSSR count). The first-order chi connectivity index (χ1) is 13.9. The van der Waals surface area contributed by atoms with Crippen molar-refractivity contribution in [3.63, 3.8) is 0 Å². The molecule has 0 unspecified atom stereocenters. The molecule has 0 heterocycles. The van der Waals surface area contributed by atoms with Gasteiger partial charge >= 0.3 is 178 Å². The Morgan fingerprint density at radius 1 is 0.321 bits per heavy atom. The van der Waals surface area contributed by atoms with Gasteiger partial charge in [0.1, 0.15) is 0 Å². The molecule has 0 fully saturated rings. The van der Waals surface area contributed by atoms with Crippen LogP contribution in [-0.4, -0.2) is 29.3 Å². The maximum atomic E-state index is 2.35. The second-order valence-electron chi connectivity index (χ2n) is 6.92. The molecule has 0 amide bonds. The summed E-state index contributed by atoms with van der Waals surface area (Å²) in [6.07, 6.45) is 0.